The third kappa shape index (κ3) is 3.36. The Morgan fingerprint density at radius 2 is 2.12 bits per heavy atom. The number of aliphatic imine (C=N–C) groups is 1. The largest absolute Gasteiger partial charge is 0.397 e. The molecule has 1 aromatic heterocycles. The van der Waals surface area contributed by atoms with Crippen LogP contribution in [0.1, 0.15) is 23.0 Å². The molecule has 1 unspecified atom stereocenters. The maximum absolute atomic E-state index is 12.3. The van der Waals surface area contributed by atoms with Gasteiger partial charge in [0.1, 0.15) is 23.7 Å². The van der Waals surface area contributed by atoms with Gasteiger partial charge < -0.3 is 21.5 Å². The van der Waals surface area contributed by atoms with Crippen LogP contribution in [0.4, 0.5) is 11.4 Å². The third-order valence-electron chi connectivity index (χ3n) is 3.78. The van der Waals surface area contributed by atoms with Gasteiger partial charge >= 0.3 is 0 Å². The zero-order valence-electron chi connectivity index (χ0n) is 13.3. The maximum atomic E-state index is 12.3. The summed E-state index contributed by atoms with van der Waals surface area (Å²) in [7, 11) is 0. The zero-order valence-corrected chi connectivity index (χ0v) is 13.3. The van der Waals surface area contributed by atoms with Gasteiger partial charge in [0.25, 0.3) is 5.91 Å². The van der Waals surface area contributed by atoms with E-state index in [2.05, 4.69) is 15.3 Å². The second-order valence-corrected chi connectivity index (χ2v) is 5.88. The van der Waals surface area contributed by atoms with Gasteiger partial charge in [0.05, 0.1) is 18.5 Å². The maximum Gasteiger partial charge on any atom is 0.274 e. The van der Waals surface area contributed by atoms with Gasteiger partial charge in [-0.15, -0.1) is 0 Å². The van der Waals surface area contributed by atoms with Crippen LogP contribution in [-0.2, 0) is 10.3 Å². The Kier molecular flexibility index (Phi) is 4.18. The van der Waals surface area contributed by atoms with Gasteiger partial charge in [0, 0.05) is 5.69 Å². The number of carbonyl (C=O) groups excluding carboxylic acids is 1. The van der Waals surface area contributed by atoms with Gasteiger partial charge in [-0.3, -0.25) is 9.79 Å². The van der Waals surface area contributed by atoms with E-state index >= 15 is 0 Å². The molecule has 0 radical (unpaired) electrons. The Morgan fingerprint density at radius 1 is 1.29 bits per heavy atom. The molecule has 1 atom stereocenters. The predicted molar refractivity (Wildman–Crippen MR) is 92.8 cm³/mol. The highest BCUT2D eigenvalue weighted by Crippen LogP contribution is 2.30. The minimum atomic E-state index is -0.567. The number of rotatable bonds is 3. The number of nitrogen functional groups attached to an aromatic ring is 1. The Bertz CT molecular complexity index is 788. The normalized spacial score (nSPS) is 20.3. The van der Waals surface area contributed by atoms with Crippen molar-refractivity contribution in [2.45, 2.75) is 12.5 Å². The van der Waals surface area contributed by atoms with Crippen LogP contribution in [0.5, 0.6) is 0 Å². The molecule has 7 heteroatoms. The summed E-state index contributed by atoms with van der Waals surface area (Å²) >= 11 is 0. The Hall–Kier alpha value is -2.93. The molecule has 0 fully saturated rings. The number of nitrogens with two attached hydrogens (primary N) is 2. The molecule has 5 N–H and O–H groups in total. The van der Waals surface area contributed by atoms with Gasteiger partial charge in [0.2, 0.25) is 0 Å². The second-order valence-electron chi connectivity index (χ2n) is 5.88. The number of ether oxygens (including phenoxy) is 1. The molecular formula is C17H19N5O2. The minimum absolute atomic E-state index is 0.295. The van der Waals surface area contributed by atoms with E-state index in [4.69, 9.17) is 16.2 Å². The minimum Gasteiger partial charge on any atom is -0.397 e. The lowest BCUT2D eigenvalue weighted by Crippen LogP contribution is -2.37. The highest BCUT2D eigenvalue weighted by atomic mass is 16.5. The van der Waals surface area contributed by atoms with Crippen molar-refractivity contribution in [3.05, 3.63) is 53.9 Å². The van der Waals surface area contributed by atoms with E-state index in [9.17, 15) is 4.79 Å². The molecular weight excluding hydrogens is 306 g/mol. The van der Waals surface area contributed by atoms with Crippen molar-refractivity contribution in [1.82, 2.24) is 4.98 Å². The van der Waals surface area contributed by atoms with Crippen LogP contribution in [0.15, 0.2) is 47.6 Å². The summed E-state index contributed by atoms with van der Waals surface area (Å²) in [5.74, 6) is 0.157. The molecule has 1 amide bonds. The van der Waals surface area contributed by atoms with Gasteiger partial charge in [-0.05, 0) is 36.8 Å². The standard InChI is InChI=1S/C17H19N5O2/c1-17(10-24-9-15(19)22-17)11-3-2-4-13(7-11)21-16(23)14-6-5-12(18)8-20-14/h2-8H,9-10,18H2,1H3,(H2,19,22)(H,21,23). The second kappa shape index (κ2) is 6.29. The highest BCUT2D eigenvalue weighted by Gasteiger charge is 2.30. The summed E-state index contributed by atoms with van der Waals surface area (Å²) < 4.78 is 5.49. The molecule has 0 aliphatic carbocycles. The molecule has 0 saturated carbocycles. The molecule has 1 aliphatic heterocycles. The van der Waals surface area contributed by atoms with Crippen molar-refractivity contribution < 1.29 is 9.53 Å². The van der Waals surface area contributed by atoms with E-state index < -0.39 is 5.54 Å². The topological polar surface area (TPSA) is 116 Å². The summed E-state index contributed by atoms with van der Waals surface area (Å²) in [5.41, 5.74) is 13.2. The Balaban J connectivity index is 1.82. The number of hydrogen-bond donors (Lipinski definition) is 3. The molecule has 124 valence electrons. The number of aromatic nitrogens is 1. The Labute approximate surface area is 139 Å². The van der Waals surface area contributed by atoms with Crippen molar-refractivity contribution in [3.63, 3.8) is 0 Å². The summed E-state index contributed by atoms with van der Waals surface area (Å²) in [6.07, 6.45) is 1.45. The number of anilines is 2. The summed E-state index contributed by atoms with van der Waals surface area (Å²) in [5, 5.41) is 2.82. The van der Waals surface area contributed by atoms with E-state index in [0.717, 1.165) is 5.56 Å². The lowest BCUT2D eigenvalue weighted by Gasteiger charge is -2.30. The number of carbonyl (C=O) groups is 1. The van der Waals surface area contributed by atoms with Gasteiger partial charge in [-0.2, -0.15) is 0 Å². The summed E-state index contributed by atoms with van der Waals surface area (Å²) in [6, 6.07) is 10.7. The van der Waals surface area contributed by atoms with Crippen LogP contribution >= 0.6 is 0 Å². The fraction of sp³-hybridized carbons (Fsp3) is 0.235. The molecule has 2 aromatic rings. The quantitative estimate of drug-likeness (QED) is 0.791. The molecule has 7 nitrogen and oxygen atoms in total. The van der Waals surface area contributed by atoms with Crippen LogP contribution in [0.2, 0.25) is 0 Å². The third-order valence-corrected chi connectivity index (χ3v) is 3.78. The van der Waals surface area contributed by atoms with E-state index in [1.165, 1.54) is 6.20 Å². The van der Waals surface area contributed by atoms with E-state index in [-0.39, 0.29) is 5.91 Å². The molecule has 1 aliphatic rings. The predicted octanol–water partition coefficient (Wildman–Crippen LogP) is 1.52. The number of benzene rings is 1. The van der Waals surface area contributed by atoms with Crippen LogP contribution in [0.25, 0.3) is 0 Å². The molecule has 0 saturated heterocycles. The zero-order chi connectivity index (χ0) is 17.2. The smallest absolute Gasteiger partial charge is 0.274 e. The van der Waals surface area contributed by atoms with Crippen molar-refractivity contribution >= 4 is 23.1 Å². The first kappa shape index (κ1) is 15.9. The average Bonchev–Trinajstić information content (AvgIpc) is 2.55. The van der Waals surface area contributed by atoms with Crippen molar-refractivity contribution in [3.8, 4) is 0 Å². The lowest BCUT2D eigenvalue weighted by molar-refractivity contribution is 0.102. The van der Waals surface area contributed by atoms with E-state index in [1.807, 2.05) is 25.1 Å². The molecule has 24 heavy (non-hydrogen) atoms. The first-order valence-electron chi connectivity index (χ1n) is 7.52. The molecule has 0 bridgehead atoms. The van der Waals surface area contributed by atoms with Crippen molar-refractivity contribution in [2.24, 2.45) is 10.7 Å². The van der Waals surface area contributed by atoms with Gasteiger partial charge in [0.15, 0.2) is 0 Å². The monoisotopic (exact) mass is 325 g/mol. The van der Waals surface area contributed by atoms with Gasteiger partial charge in [-0.1, -0.05) is 12.1 Å². The molecule has 3 rings (SSSR count). The van der Waals surface area contributed by atoms with Gasteiger partial charge in [-0.25, -0.2) is 4.98 Å². The lowest BCUT2D eigenvalue weighted by atomic mass is 9.92. The molecule has 0 spiro atoms. The Morgan fingerprint density at radius 3 is 2.83 bits per heavy atom. The molecule has 2 heterocycles. The number of nitrogens with one attached hydrogen (secondary N) is 1. The highest BCUT2D eigenvalue weighted by molar-refractivity contribution is 6.03. The number of amidine groups is 1. The van der Waals surface area contributed by atoms with Crippen LogP contribution in [-0.4, -0.2) is 29.9 Å². The summed E-state index contributed by atoms with van der Waals surface area (Å²) in [4.78, 5) is 20.8. The summed E-state index contributed by atoms with van der Waals surface area (Å²) in [6.45, 7) is 2.72. The number of hydrogen-bond acceptors (Lipinski definition) is 6. The molecule has 1 aromatic carbocycles. The fourth-order valence-electron chi connectivity index (χ4n) is 2.55. The average molecular weight is 325 g/mol. The van der Waals surface area contributed by atoms with Crippen LogP contribution in [0, 0.1) is 0 Å². The first-order valence-corrected chi connectivity index (χ1v) is 7.52. The van der Waals surface area contributed by atoms with Crippen LogP contribution < -0.4 is 16.8 Å². The SMILES string of the molecule is CC1(c2cccc(NC(=O)c3ccc(N)cn3)c2)COCC(N)=N1. The number of pyridine rings is 1. The van der Waals surface area contributed by atoms with E-state index in [1.54, 1.807) is 18.2 Å². The first-order chi connectivity index (χ1) is 11.5. The van der Waals surface area contributed by atoms with Crippen molar-refractivity contribution in [1.29, 1.82) is 0 Å². The van der Waals surface area contributed by atoms with E-state index in [0.29, 0.717) is 36.1 Å². The van der Waals surface area contributed by atoms with Crippen molar-refractivity contribution in [2.75, 3.05) is 24.3 Å². The van der Waals surface area contributed by atoms with Crippen LogP contribution in [0.3, 0.4) is 0 Å². The number of amides is 1. The fourth-order valence-corrected chi connectivity index (χ4v) is 2.55. The number of nitrogens with zero attached hydrogens (tertiary/aromatic N) is 2.